The topological polar surface area (TPSA) is 46.3 Å². The highest BCUT2D eigenvalue weighted by atomic mass is 35.5. The van der Waals surface area contributed by atoms with Crippen LogP contribution in [0.1, 0.15) is 27.2 Å². The van der Waals surface area contributed by atoms with Crippen LogP contribution in [0.3, 0.4) is 0 Å². The summed E-state index contributed by atoms with van der Waals surface area (Å²) in [5.41, 5.74) is 5.95. The number of halogens is 1. The number of amides is 1. The lowest BCUT2D eigenvalue weighted by Crippen LogP contribution is -2.51. The Morgan fingerprint density at radius 3 is 2.75 bits per heavy atom. The van der Waals surface area contributed by atoms with Crippen molar-refractivity contribution < 1.29 is 4.79 Å². The van der Waals surface area contributed by atoms with Gasteiger partial charge in [0.25, 0.3) is 0 Å². The number of thioether (sulfide) groups is 1. The van der Waals surface area contributed by atoms with Crippen molar-refractivity contribution in [2.75, 3.05) is 18.8 Å². The Morgan fingerprint density at radius 2 is 2.25 bits per heavy atom. The monoisotopic (exact) mass is 266 g/mol. The van der Waals surface area contributed by atoms with E-state index in [2.05, 4.69) is 13.8 Å². The normalized spacial score (nSPS) is 24.5. The summed E-state index contributed by atoms with van der Waals surface area (Å²) >= 11 is 1.93. The summed E-state index contributed by atoms with van der Waals surface area (Å²) in [4.78, 5) is 14.0. The van der Waals surface area contributed by atoms with E-state index in [1.165, 1.54) is 0 Å². The second kappa shape index (κ2) is 7.41. The van der Waals surface area contributed by atoms with Crippen LogP contribution < -0.4 is 5.73 Å². The van der Waals surface area contributed by atoms with Gasteiger partial charge >= 0.3 is 0 Å². The van der Waals surface area contributed by atoms with Crippen LogP contribution in [0.15, 0.2) is 0 Å². The molecule has 5 heteroatoms. The van der Waals surface area contributed by atoms with Crippen LogP contribution in [-0.4, -0.2) is 40.9 Å². The fourth-order valence-corrected chi connectivity index (χ4v) is 2.74. The van der Waals surface area contributed by atoms with E-state index in [0.29, 0.717) is 5.25 Å². The van der Waals surface area contributed by atoms with Crippen LogP contribution in [0.2, 0.25) is 0 Å². The molecular weight excluding hydrogens is 244 g/mol. The lowest BCUT2D eigenvalue weighted by Gasteiger charge is -2.33. The van der Waals surface area contributed by atoms with Crippen LogP contribution >= 0.6 is 24.2 Å². The van der Waals surface area contributed by atoms with Crippen molar-refractivity contribution in [1.29, 1.82) is 0 Å². The van der Waals surface area contributed by atoms with E-state index < -0.39 is 0 Å². The first-order chi connectivity index (χ1) is 7.06. The Kier molecular flexibility index (Phi) is 7.44. The quantitative estimate of drug-likeness (QED) is 0.847. The van der Waals surface area contributed by atoms with Gasteiger partial charge in [-0.25, -0.2) is 0 Å². The van der Waals surface area contributed by atoms with E-state index in [-0.39, 0.29) is 30.3 Å². The summed E-state index contributed by atoms with van der Waals surface area (Å²) in [6, 6.07) is -0.315. The SMILES string of the molecule is CCC(C)C(N)C(=O)N1CCSC(C)C1.Cl. The molecule has 3 nitrogen and oxygen atoms in total. The third-order valence-electron chi connectivity index (χ3n) is 3.09. The van der Waals surface area contributed by atoms with Crippen molar-refractivity contribution in [3.05, 3.63) is 0 Å². The molecule has 0 spiro atoms. The number of hydrogen-bond donors (Lipinski definition) is 1. The number of nitrogens with zero attached hydrogens (tertiary/aromatic N) is 1. The molecule has 0 saturated carbocycles. The molecule has 0 aromatic carbocycles. The third-order valence-corrected chi connectivity index (χ3v) is 4.23. The number of rotatable bonds is 3. The molecule has 2 N–H and O–H groups in total. The molecule has 1 aliphatic heterocycles. The van der Waals surface area contributed by atoms with Gasteiger partial charge in [0, 0.05) is 24.1 Å². The molecule has 3 unspecified atom stereocenters. The highest BCUT2D eigenvalue weighted by Gasteiger charge is 2.27. The van der Waals surface area contributed by atoms with Gasteiger partial charge in [0.1, 0.15) is 0 Å². The standard InChI is InChI=1S/C11H22N2OS.ClH/c1-4-8(2)10(12)11(14)13-5-6-15-9(3)7-13;/h8-10H,4-7,12H2,1-3H3;1H. The minimum Gasteiger partial charge on any atom is -0.339 e. The summed E-state index contributed by atoms with van der Waals surface area (Å²) in [5, 5.41) is 0.548. The van der Waals surface area contributed by atoms with Crippen molar-refractivity contribution in [3.8, 4) is 0 Å². The van der Waals surface area contributed by atoms with Gasteiger partial charge in [-0.3, -0.25) is 4.79 Å². The third kappa shape index (κ3) is 4.15. The van der Waals surface area contributed by atoms with Crippen molar-refractivity contribution in [1.82, 2.24) is 4.90 Å². The van der Waals surface area contributed by atoms with Crippen molar-refractivity contribution in [2.24, 2.45) is 11.7 Å². The summed E-state index contributed by atoms with van der Waals surface area (Å²) in [6.07, 6.45) is 0.963. The van der Waals surface area contributed by atoms with Crippen LogP contribution in [-0.2, 0) is 4.79 Å². The van der Waals surface area contributed by atoms with Crippen LogP contribution in [0.4, 0.5) is 0 Å². The zero-order chi connectivity index (χ0) is 11.4. The molecule has 0 aliphatic carbocycles. The fourth-order valence-electron chi connectivity index (χ4n) is 1.73. The molecule has 0 radical (unpaired) electrons. The van der Waals surface area contributed by atoms with Crippen molar-refractivity contribution >= 4 is 30.1 Å². The molecular formula is C11H23ClN2OS. The Morgan fingerprint density at radius 1 is 1.62 bits per heavy atom. The van der Waals surface area contributed by atoms with Gasteiger partial charge in [-0.15, -0.1) is 12.4 Å². The average Bonchev–Trinajstić information content (AvgIpc) is 2.26. The van der Waals surface area contributed by atoms with Gasteiger partial charge in [-0.05, 0) is 5.92 Å². The lowest BCUT2D eigenvalue weighted by molar-refractivity contribution is -0.133. The smallest absolute Gasteiger partial charge is 0.239 e. The van der Waals surface area contributed by atoms with Gasteiger partial charge in [0.05, 0.1) is 6.04 Å². The Bertz CT molecular complexity index is 228. The molecule has 1 fully saturated rings. The predicted molar refractivity (Wildman–Crippen MR) is 73.2 cm³/mol. The minimum atomic E-state index is -0.315. The average molecular weight is 267 g/mol. The Labute approximate surface area is 109 Å². The molecule has 1 aliphatic rings. The fraction of sp³-hybridized carbons (Fsp3) is 0.909. The molecule has 1 saturated heterocycles. The first kappa shape index (κ1) is 16.1. The second-order valence-corrected chi connectivity index (χ2v) is 5.92. The first-order valence-electron chi connectivity index (χ1n) is 5.72. The molecule has 3 atom stereocenters. The van der Waals surface area contributed by atoms with Gasteiger partial charge < -0.3 is 10.6 Å². The van der Waals surface area contributed by atoms with Crippen molar-refractivity contribution in [2.45, 2.75) is 38.5 Å². The van der Waals surface area contributed by atoms with Gasteiger partial charge in [-0.1, -0.05) is 27.2 Å². The molecule has 16 heavy (non-hydrogen) atoms. The van der Waals surface area contributed by atoms with Gasteiger partial charge in [0.2, 0.25) is 5.91 Å². The van der Waals surface area contributed by atoms with E-state index in [9.17, 15) is 4.79 Å². The first-order valence-corrected chi connectivity index (χ1v) is 6.77. The van der Waals surface area contributed by atoms with Gasteiger partial charge in [-0.2, -0.15) is 11.8 Å². The van der Waals surface area contributed by atoms with Crippen LogP contribution in [0, 0.1) is 5.92 Å². The maximum absolute atomic E-state index is 12.0. The maximum Gasteiger partial charge on any atom is 0.239 e. The van der Waals surface area contributed by atoms with E-state index in [1.54, 1.807) is 0 Å². The van der Waals surface area contributed by atoms with Crippen LogP contribution in [0.5, 0.6) is 0 Å². The van der Waals surface area contributed by atoms with E-state index in [0.717, 1.165) is 25.3 Å². The summed E-state index contributed by atoms with van der Waals surface area (Å²) in [6.45, 7) is 8.00. The summed E-state index contributed by atoms with van der Waals surface area (Å²) in [5.74, 6) is 1.46. The minimum absolute atomic E-state index is 0. The molecule has 0 bridgehead atoms. The lowest BCUT2D eigenvalue weighted by atomic mass is 9.99. The number of hydrogen-bond acceptors (Lipinski definition) is 3. The largest absolute Gasteiger partial charge is 0.339 e. The molecule has 0 aromatic rings. The molecule has 96 valence electrons. The molecule has 1 heterocycles. The Balaban J connectivity index is 0.00000225. The molecule has 1 amide bonds. The zero-order valence-corrected chi connectivity index (χ0v) is 11.9. The summed E-state index contributed by atoms with van der Waals surface area (Å²) in [7, 11) is 0. The van der Waals surface area contributed by atoms with Gasteiger partial charge in [0.15, 0.2) is 0 Å². The van der Waals surface area contributed by atoms with E-state index in [1.807, 2.05) is 23.6 Å². The molecule has 1 rings (SSSR count). The van der Waals surface area contributed by atoms with E-state index in [4.69, 9.17) is 5.73 Å². The highest BCUT2D eigenvalue weighted by Crippen LogP contribution is 2.19. The predicted octanol–water partition coefficient (Wildman–Crippen LogP) is 1.75. The number of nitrogens with two attached hydrogens (primary N) is 1. The van der Waals surface area contributed by atoms with E-state index >= 15 is 0 Å². The second-order valence-electron chi connectivity index (χ2n) is 4.38. The Hall–Kier alpha value is 0.0700. The summed E-state index contributed by atoms with van der Waals surface area (Å²) < 4.78 is 0. The van der Waals surface area contributed by atoms with Crippen molar-refractivity contribution in [3.63, 3.8) is 0 Å². The van der Waals surface area contributed by atoms with Crippen LogP contribution in [0.25, 0.3) is 0 Å². The maximum atomic E-state index is 12.0. The number of carbonyl (C=O) groups is 1. The zero-order valence-electron chi connectivity index (χ0n) is 10.3. The molecule has 0 aromatic heterocycles. The number of carbonyl (C=O) groups excluding carboxylic acids is 1. The highest BCUT2D eigenvalue weighted by molar-refractivity contribution is 7.99.